The van der Waals surface area contributed by atoms with Crippen molar-refractivity contribution in [2.75, 3.05) is 12.4 Å². The highest BCUT2D eigenvalue weighted by atomic mass is 35.5. The highest BCUT2D eigenvalue weighted by Gasteiger charge is 2.18. The summed E-state index contributed by atoms with van der Waals surface area (Å²) in [5.41, 5.74) is 5.74. The lowest BCUT2D eigenvalue weighted by Crippen LogP contribution is -2.39. The number of ether oxygens (including phenoxy) is 1. The molecule has 0 aliphatic carbocycles. The van der Waals surface area contributed by atoms with E-state index in [1.807, 2.05) is 13.8 Å². The van der Waals surface area contributed by atoms with Gasteiger partial charge in [0.25, 0.3) is 0 Å². The standard InChI is InChI=1S/C12H17FN2O2.ClH/c1-7(2)11(14)12(16)15-10-6-8(17-3)4-5-9(10)13;/h4-7,11H,14H2,1-3H3,(H,15,16);1H/t11-;/m1./s1. The van der Waals surface area contributed by atoms with Crippen LogP contribution in [0.5, 0.6) is 5.75 Å². The van der Waals surface area contributed by atoms with Crippen LogP contribution in [0.2, 0.25) is 0 Å². The molecule has 1 aromatic carbocycles. The molecule has 1 rings (SSSR count). The number of nitrogens with two attached hydrogens (primary N) is 1. The molecule has 0 aliphatic heterocycles. The summed E-state index contributed by atoms with van der Waals surface area (Å²) in [6, 6.07) is 3.46. The Bertz CT molecular complexity index is 413. The van der Waals surface area contributed by atoms with Crippen molar-refractivity contribution in [2.24, 2.45) is 11.7 Å². The molecule has 0 unspecified atom stereocenters. The van der Waals surface area contributed by atoms with Gasteiger partial charge in [0, 0.05) is 6.07 Å². The molecule has 0 radical (unpaired) electrons. The van der Waals surface area contributed by atoms with Gasteiger partial charge in [0.1, 0.15) is 11.6 Å². The van der Waals surface area contributed by atoms with Gasteiger partial charge in [-0.1, -0.05) is 13.8 Å². The molecule has 0 fully saturated rings. The van der Waals surface area contributed by atoms with Gasteiger partial charge in [0.2, 0.25) is 5.91 Å². The number of amides is 1. The first-order valence-corrected chi connectivity index (χ1v) is 5.35. The van der Waals surface area contributed by atoms with Gasteiger partial charge < -0.3 is 15.8 Å². The molecule has 0 aromatic heterocycles. The number of rotatable bonds is 4. The van der Waals surface area contributed by atoms with E-state index in [1.54, 1.807) is 0 Å². The number of halogens is 2. The highest BCUT2D eigenvalue weighted by molar-refractivity contribution is 5.95. The SMILES string of the molecule is COc1ccc(F)c(NC(=O)[C@H](N)C(C)C)c1.Cl. The lowest BCUT2D eigenvalue weighted by Gasteiger charge is -2.16. The van der Waals surface area contributed by atoms with Crippen LogP contribution in [0.15, 0.2) is 18.2 Å². The van der Waals surface area contributed by atoms with E-state index in [9.17, 15) is 9.18 Å². The van der Waals surface area contributed by atoms with Crippen molar-refractivity contribution in [1.29, 1.82) is 0 Å². The Hall–Kier alpha value is -1.33. The van der Waals surface area contributed by atoms with Gasteiger partial charge in [-0.2, -0.15) is 0 Å². The van der Waals surface area contributed by atoms with E-state index in [2.05, 4.69) is 5.32 Å². The maximum absolute atomic E-state index is 13.4. The molecule has 1 aromatic rings. The summed E-state index contributed by atoms with van der Waals surface area (Å²) >= 11 is 0. The fraction of sp³-hybridized carbons (Fsp3) is 0.417. The molecule has 0 bridgehead atoms. The van der Waals surface area contributed by atoms with Crippen molar-refractivity contribution in [3.8, 4) is 5.75 Å². The van der Waals surface area contributed by atoms with Crippen molar-refractivity contribution < 1.29 is 13.9 Å². The average molecular weight is 277 g/mol. The van der Waals surface area contributed by atoms with Gasteiger partial charge in [-0.15, -0.1) is 12.4 Å². The highest BCUT2D eigenvalue weighted by Crippen LogP contribution is 2.21. The Morgan fingerprint density at radius 1 is 1.44 bits per heavy atom. The number of hydrogen-bond donors (Lipinski definition) is 2. The summed E-state index contributed by atoms with van der Waals surface area (Å²) in [5, 5.41) is 2.45. The number of methoxy groups -OCH3 is 1. The summed E-state index contributed by atoms with van der Waals surface area (Å²) in [6.07, 6.45) is 0. The van der Waals surface area contributed by atoms with E-state index in [0.29, 0.717) is 5.75 Å². The van der Waals surface area contributed by atoms with E-state index in [1.165, 1.54) is 25.3 Å². The van der Waals surface area contributed by atoms with Crippen molar-refractivity contribution in [2.45, 2.75) is 19.9 Å². The minimum absolute atomic E-state index is 0. The molecule has 102 valence electrons. The first-order chi connectivity index (χ1) is 7.95. The molecule has 1 amide bonds. The quantitative estimate of drug-likeness (QED) is 0.886. The van der Waals surface area contributed by atoms with E-state index in [4.69, 9.17) is 10.5 Å². The summed E-state index contributed by atoms with van der Waals surface area (Å²) in [5.74, 6) is -0.467. The van der Waals surface area contributed by atoms with Gasteiger partial charge in [0.15, 0.2) is 0 Å². The Labute approximate surface area is 112 Å². The Morgan fingerprint density at radius 3 is 2.56 bits per heavy atom. The second-order valence-electron chi connectivity index (χ2n) is 4.10. The van der Waals surface area contributed by atoms with E-state index in [-0.39, 0.29) is 24.0 Å². The van der Waals surface area contributed by atoms with Crippen LogP contribution in [0.3, 0.4) is 0 Å². The molecule has 0 saturated carbocycles. The van der Waals surface area contributed by atoms with Gasteiger partial charge in [0.05, 0.1) is 18.8 Å². The zero-order chi connectivity index (χ0) is 13.0. The number of carbonyl (C=O) groups excluding carboxylic acids is 1. The number of hydrogen-bond acceptors (Lipinski definition) is 3. The van der Waals surface area contributed by atoms with Crippen LogP contribution in [-0.2, 0) is 4.79 Å². The van der Waals surface area contributed by atoms with E-state index in [0.717, 1.165) is 0 Å². The molecular weight excluding hydrogens is 259 g/mol. The van der Waals surface area contributed by atoms with Crippen LogP contribution in [0.4, 0.5) is 10.1 Å². The molecule has 0 heterocycles. The minimum Gasteiger partial charge on any atom is -0.497 e. The van der Waals surface area contributed by atoms with Gasteiger partial charge in [-0.05, 0) is 18.1 Å². The second-order valence-corrected chi connectivity index (χ2v) is 4.10. The molecule has 18 heavy (non-hydrogen) atoms. The molecule has 0 spiro atoms. The van der Waals surface area contributed by atoms with Crippen molar-refractivity contribution in [3.63, 3.8) is 0 Å². The lowest BCUT2D eigenvalue weighted by molar-refractivity contribution is -0.118. The normalized spacial score (nSPS) is 11.7. The largest absolute Gasteiger partial charge is 0.497 e. The smallest absolute Gasteiger partial charge is 0.241 e. The van der Waals surface area contributed by atoms with Crippen molar-refractivity contribution in [3.05, 3.63) is 24.0 Å². The number of nitrogens with one attached hydrogen (secondary N) is 1. The Morgan fingerprint density at radius 2 is 2.06 bits per heavy atom. The van der Waals surface area contributed by atoms with Crippen molar-refractivity contribution >= 4 is 24.0 Å². The Balaban J connectivity index is 0.00000289. The summed E-state index contributed by atoms with van der Waals surface area (Å²) in [4.78, 5) is 11.7. The third-order valence-electron chi connectivity index (χ3n) is 2.45. The maximum atomic E-state index is 13.4. The predicted molar refractivity (Wildman–Crippen MR) is 71.6 cm³/mol. The minimum atomic E-state index is -0.666. The molecule has 6 heteroatoms. The first kappa shape index (κ1) is 16.7. The molecule has 4 nitrogen and oxygen atoms in total. The van der Waals surface area contributed by atoms with Gasteiger partial charge in [-0.25, -0.2) is 4.39 Å². The summed E-state index contributed by atoms with van der Waals surface area (Å²) in [6.45, 7) is 3.65. The third kappa shape index (κ3) is 4.16. The van der Waals surface area contributed by atoms with Crippen LogP contribution < -0.4 is 15.8 Å². The molecular formula is C12H18ClFN2O2. The molecule has 0 saturated heterocycles. The molecule has 1 atom stereocenters. The van der Waals surface area contributed by atoms with Crippen molar-refractivity contribution in [1.82, 2.24) is 0 Å². The second kappa shape index (κ2) is 7.18. The van der Waals surface area contributed by atoms with Crippen LogP contribution >= 0.6 is 12.4 Å². The third-order valence-corrected chi connectivity index (χ3v) is 2.45. The van der Waals surface area contributed by atoms with Gasteiger partial charge >= 0.3 is 0 Å². The first-order valence-electron chi connectivity index (χ1n) is 5.35. The van der Waals surface area contributed by atoms with E-state index < -0.39 is 17.8 Å². The van der Waals surface area contributed by atoms with Gasteiger partial charge in [-0.3, -0.25) is 4.79 Å². The predicted octanol–water partition coefficient (Wildman–Crippen LogP) is 2.18. The topological polar surface area (TPSA) is 64.3 Å². The summed E-state index contributed by atoms with van der Waals surface area (Å²) in [7, 11) is 1.47. The number of anilines is 1. The fourth-order valence-corrected chi connectivity index (χ4v) is 1.25. The molecule has 3 N–H and O–H groups in total. The summed E-state index contributed by atoms with van der Waals surface area (Å²) < 4.78 is 18.4. The number of carbonyl (C=O) groups is 1. The maximum Gasteiger partial charge on any atom is 0.241 e. The molecule has 0 aliphatic rings. The average Bonchev–Trinajstić information content (AvgIpc) is 2.30. The monoisotopic (exact) mass is 276 g/mol. The lowest BCUT2D eigenvalue weighted by atomic mass is 10.0. The zero-order valence-corrected chi connectivity index (χ0v) is 11.4. The van der Waals surface area contributed by atoms with Crippen LogP contribution in [0.1, 0.15) is 13.8 Å². The number of benzene rings is 1. The fourth-order valence-electron chi connectivity index (χ4n) is 1.25. The Kier molecular flexibility index (Phi) is 6.65. The zero-order valence-electron chi connectivity index (χ0n) is 10.6. The van der Waals surface area contributed by atoms with E-state index >= 15 is 0 Å². The van der Waals surface area contributed by atoms with Crippen LogP contribution in [0, 0.1) is 11.7 Å². The van der Waals surface area contributed by atoms with Crippen LogP contribution in [-0.4, -0.2) is 19.1 Å². The van der Waals surface area contributed by atoms with Crippen LogP contribution in [0.25, 0.3) is 0 Å².